The first-order valence-electron chi connectivity index (χ1n) is 6.39. The SMILES string of the molecule is CCCS(=O)(=O)CCCC(=O)Nc1cc(N)ccc1F. The Morgan fingerprint density at radius 2 is 2.05 bits per heavy atom. The molecule has 0 atom stereocenters. The average Bonchev–Trinajstić information content (AvgIpc) is 2.33. The molecule has 1 rings (SSSR count). The Balaban J connectivity index is 2.47. The average molecular weight is 302 g/mol. The topological polar surface area (TPSA) is 89.3 Å². The van der Waals surface area contributed by atoms with Crippen LogP contribution in [-0.4, -0.2) is 25.8 Å². The highest BCUT2D eigenvalue weighted by Gasteiger charge is 2.12. The van der Waals surface area contributed by atoms with E-state index in [1.54, 1.807) is 6.92 Å². The number of carbonyl (C=O) groups is 1. The van der Waals surface area contributed by atoms with Crippen molar-refractivity contribution in [1.82, 2.24) is 0 Å². The van der Waals surface area contributed by atoms with E-state index in [0.29, 0.717) is 12.1 Å². The summed E-state index contributed by atoms with van der Waals surface area (Å²) < 4.78 is 36.3. The van der Waals surface area contributed by atoms with E-state index in [1.165, 1.54) is 12.1 Å². The van der Waals surface area contributed by atoms with Gasteiger partial charge in [0.05, 0.1) is 11.4 Å². The van der Waals surface area contributed by atoms with Crippen LogP contribution in [0.5, 0.6) is 0 Å². The van der Waals surface area contributed by atoms with Crippen LogP contribution in [0, 0.1) is 5.82 Å². The fourth-order valence-corrected chi connectivity index (χ4v) is 3.13. The summed E-state index contributed by atoms with van der Waals surface area (Å²) in [6, 6.07) is 3.88. The molecule has 5 nitrogen and oxygen atoms in total. The molecule has 0 fully saturated rings. The summed E-state index contributed by atoms with van der Waals surface area (Å²) in [7, 11) is -3.09. The predicted octanol–water partition coefficient (Wildman–Crippen LogP) is 1.95. The highest BCUT2D eigenvalue weighted by molar-refractivity contribution is 7.91. The normalized spacial score (nSPS) is 11.3. The van der Waals surface area contributed by atoms with Crippen LogP contribution < -0.4 is 11.1 Å². The molecule has 0 heterocycles. The van der Waals surface area contributed by atoms with Crippen molar-refractivity contribution in [2.45, 2.75) is 26.2 Å². The Labute approximate surface area is 118 Å². The third-order valence-electron chi connectivity index (χ3n) is 2.64. The van der Waals surface area contributed by atoms with Crippen LogP contribution in [0.3, 0.4) is 0 Å². The molecule has 0 aliphatic rings. The number of halogens is 1. The molecule has 112 valence electrons. The lowest BCUT2D eigenvalue weighted by Crippen LogP contribution is -2.16. The maximum atomic E-state index is 13.4. The molecular formula is C13H19FN2O3S. The van der Waals surface area contributed by atoms with Gasteiger partial charge in [-0.1, -0.05) is 6.92 Å². The largest absolute Gasteiger partial charge is 0.399 e. The van der Waals surface area contributed by atoms with Crippen LogP contribution in [0.15, 0.2) is 18.2 Å². The Morgan fingerprint density at radius 3 is 2.70 bits per heavy atom. The Morgan fingerprint density at radius 1 is 1.35 bits per heavy atom. The van der Waals surface area contributed by atoms with Gasteiger partial charge in [0.1, 0.15) is 15.7 Å². The molecule has 20 heavy (non-hydrogen) atoms. The van der Waals surface area contributed by atoms with Crippen LogP contribution in [0.2, 0.25) is 0 Å². The number of sulfone groups is 1. The highest BCUT2D eigenvalue weighted by atomic mass is 32.2. The Kier molecular flexibility index (Phi) is 5.94. The maximum Gasteiger partial charge on any atom is 0.224 e. The Hall–Kier alpha value is -1.63. The van der Waals surface area contributed by atoms with Gasteiger partial charge in [-0.2, -0.15) is 0 Å². The summed E-state index contributed by atoms with van der Waals surface area (Å²) in [6.07, 6.45) is 0.804. The monoisotopic (exact) mass is 302 g/mol. The van der Waals surface area contributed by atoms with Gasteiger partial charge in [-0.3, -0.25) is 4.79 Å². The van der Waals surface area contributed by atoms with Crippen LogP contribution in [0.4, 0.5) is 15.8 Å². The molecule has 0 aliphatic carbocycles. The molecular weight excluding hydrogens is 283 g/mol. The lowest BCUT2D eigenvalue weighted by atomic mass is 10.2. The smallest absolute Gasteiger partial charge is 0.224 e. The van der Waals surface area contributed by atoms with Gasteiger partial charge in [0, 0.05) is 17.9 Å². The number of anilines is 2. The van der Waals surface area contributed by atoms with Gasteiger partial charge in [0.2, 0.25) is 5.91 Å². The van der Waals surface area contributed by atoms with Gasteiger partial charge < -0.3 is 11.1 Å². The molecule has 0 saturated carbocycles. The molecule has 1 amide bonds. The minimum Gasteiger partial charge on any atom is -0.399 e. The highest BCUT2D eigenvalue weighted by Crippen LogP contribution is 2.17. The summed E-state index contributed by atoms with van der Waals surface area (Å²) in [5.41, 5.74) is 5.84. The van der Waals surface area contributed by atoms with Gasteiger partial charge in [-0.15, -0.1) is 0 Å². The fraction of sp³-hybridized carbons (Fsp3) is 0.462. The standard InChI is InChI=1S/C13H19FN2O3S/c1-2-7-20(18,19)8-3-4-13(17)16-12-9-10(15)5-6-11(12)14/h5-6,9H,2-4,7-8,15H2,1H3,(H,16,17). The summed E-state index contributed by atoms with van der Waals surface area (Å²) >= 11 is 0. The quantitative estimate of drug-likeness (QED) is 0.753. The molecule has 0 spiro atoms. The van der Waals surface area contributed by atoms with E-state index in [1.807, 2.05) is 0 Å². The zero-order valence-corrected chi connectivity index (χ0v) is 12.2. The molecule has 1 aromatic carbocycles. The molecule has 7 heteroatoms. The number of rotatable bonds is 7. The molecule has 0 aromatic heterocycles. The summed E-state index contributed by atoms with van der Waals surface area (Å²) in [4.78, 5) is 11.6. The Bertz CT molecular complexity index is 573. The summed E-state index contributed by atoms with van der Waals surface area (Å²) in [6.45, 7) is 1.78. The number of nitrogens with two attached hydrogens (primary N) is 1. The molecule has 0 saturated heterocycles. The van der Waals surface area contributed by atoms with Crippen molar-refractivity contribution in [1.29, 1.82) is 0 Å². The maximum absolute atomic E-state index is 13.4. The van der Waals surface area contributed by atoms with Gasteiger partial charge in [-0.25, -0.2) is 12.8 Å². The second-order valence-corrected chi connectivity index (χ2v) is 6.85. The van der Waals surface area contributed by atoms with Crippen molar-refractivity contribution >= 4 is 27.1 Å². The number of hydrogen-bond donors (Lipinski definition) is 2. The van der Waals surface area contributed by atoms with Crippen LogP contribution >= 0.6 is 0 Å². The first kappa shape index (κ1) is 16.4. The van der Waals surface area contributed by atoms with Crippen molar-refractivity contribution in [3.63, 3.8) is 0 Å². The first-order valence-corrected chi connectivity index (χ1v) is 8.21. The molecule has 0 aliphatic heterocycles. The number of hydrogen-bond acceptors (Lipinski definition) is 4. The number of nitrogens with one attached hydrogen (secondary N) is 1. The van der Waals surface area contributed by atoms with Crippen molar-refractivity contribution < 1.29 is 17.6 Å². The van der Waals surface area contributed by atoms with E-state index in [0.717, 1.165) is 6.07 Å². The predicted molar refractivity (Wildman–Crippen MR) is 77.6 cm³/mol. The third kappa shape index (κ3) is 5.56. The van der Waals surface area contributed by atoms with E-state index in [9.17, 15) is 17.6 Å². The molecule has 1 aromatic rings. The zero-order valence-electron chi connectivity index (χ0n) is 11.4. The number of amides is 1. The van der Waals surface area contributed by atoms with Crippen molar-refractivity contribution in [3.05, 3.63) is 24.0 Å². The lowest BCUT2D eigenvalue weighted by molar-refractivity contribution is -0.116. The van der Waals surface area contributed by atoms with Crippen molar-refractivity contribution in [2.75, 3.05) is 22.6 Å². The minimum atomic E-state index is -3.09. The number of benzene rings is 1. The van der Waals surface area contributed by atoms with Crippen LogP contribution in [-0.2, 0) is 14.6 Å². The molecule has 0 radical (unpaired) electrons. The van der Waals surface area contributed by atoms with Gasteiger partial charge in [-0.05, 0) is 31.0 Å². The van der Waals surface area contributed by atoms with Crippen molar-refractivity contribution in [2.24, 2.45) is 0 Å². The van der Waals surface area contributed by atoms with E-state index in [-0.39, 0.29) is 30.0 Å². The van der Waals surface area contributed by atoms with Crippen molar-refractivity contribution in [3.8, 4) is 0 Å². The van der Waals surface area contributed by atoms with E-state index < -0.39 is 21.6 Å². The van der Waals surface area contributed by atoms with E-state index in [4.69, 9.17) is 5.73 Å². The lowest BCUT2D eigenvalue weighted by Gasteiger charge is -2.07. The molecule has 0 bridgehead atoms. The second kappa shape index (κ2) is 7.23. The fourth-order valence-electron chi connectivity index (χ4n) is 1.72. The molecule has 0 unspecified atom stereocenters. The van der Waals surface area contributed by atoms with Gasteiger partial charge >= 0.3 is 0 Å². The summed E-state index contributed by atoms with van der Waals surface area (Å²) in [5.74, 6) is -0.918. The number of carbonyl (C=O) groups excluding carboxylic acids is 1. The van der Waals surface area contributed by atoms with Crippen LogP contribution in [0.1, 0.15) is 26.2 Å². The second-order valence-electron chi connectivity index (χ2n) is 4.54. The zero-order chi connectivity index (χ0) is 15.2. The summed E-state index contributed by atoms with van der Waals surface area (Å²) in [5, 5.41) is 2.38. The van der Waals surface area contributed by atoms with Crippen LogP contribution in [0.25, 0.3) is 0 Å². The van der Waals surface area contributed by atoms with E-state index in [2.05, 4.69) is 5.32 Å². The number of nitrogen functional groups attached to an aromatic ring is 1. The minimum absolute atomic E-state index is 0.00594. The van der Waals surface area contributed by atoms with Gasteiger partial charge in [0.25, 0.3) is 0 Å². The first-order chi connectivity index (χ1) is 9.34. The third-order valence-corrected chi connectivity index (χ3v) is 4.58. The van der Waals surface area contributed by atoms with Gasteiger partial charge in [0.15, 0.2) is 0 Å². The van der Waals surface area contributed by atoms with E-state index >= 15 is 0 Å². The molecule has 3 N–H and O–H groups in total.